The van der Waals surface area contributed by atoms with E-state index in [-0.39, 0.29) is 12.1 Å². The zero-order valence-corrected chi connectivity index (χ0v) is 8.86. The highest BCUT2D eigenvalue weighted by Crippen LogP contribution is 2.22. The summed E-state index contributed by atoms with van der Waals surface area (Å²) in [5, 5.41) is 2.90. The van der Waals surface area contributed by atoms with Crippen LogP contribution in [0.1, 0.15) is 11.6 Å². The maximum atomic E-state index is 11.3. The van der Waals surface area contributed by atoms with E-state index in [1.165, 1.54) is 0 Å². The first-order valence-electron chi connectivity index (χ1n) is 4.86. The molecule has 1 aliphatic rings. The summed E-state index contributed by atoms with van der Waals surface area (Å²) in [5.41, 5.74) is 1.08. The van der Waals surface area contributed by atoms with E-state index in [4.69, 9.17) is 4.74 Å². The van der Waals surface area contributed by atoms with Gasteiger partial charge in [0.05, 0.1) is 13.2 Å². The monoisotopic (exact) mass is 206 g/mol. The van der Waals surface area contributed by atoms with Gasteiger partial charge in [-0.1, -0.05) is 12.1 Å². The number of amides is 2. The van der Waals surface area contributed by atoms with Gasteiger partial charge in [0.2, 0.25) is 0 Å². The van der Waals surface area contributed by atoms with Crippen molar-refractivity contribution in [1.82, 2.24) is 10.2 Å². The molecule has 1 aliphatic heterocycles. The summed E-state index contributed by atoms with van der Waals surface area (Å²) >= 11 is 0. The largest absolute Gasteiger partial charge is 0.497 e. The highest BCUT2D eigenvalue weighted by Gasteiger charge is 2.26. The number of methoxy groups -OCH3 is 1. The Bertz CT molecular complexity index is 379. The Kier molecular flexibility index (Phi) is 2.49. The number of ether oxygens (including phenoxy) is 1. The van der Waals surface area contributed by atoms with E-state index in [1.54, 1.807) is 19.1 Å². The van der Waals surface area contributed by atoms with Crippen molar-refractivity contribution in [2.24, 2.45) is 0 Å². The number of nitrogens with zero attached hydrogens (tertiary/aromatic N) is 1. The molecule has 0 saturated carbocycles. The van der Waals surface area contributed by atoms with Crippen LogP contribution in [-0.4, -0.2) is 31.6 Å². The lowest BCUT2D eigenvalue weighted by molar-refractivity contribution is 0.226. The van der Waals surface area contributed by atoms with Crippen molar-refractivity contribution in [2.45, 2.75) is 6.04 Å². The van der Waals surface area contributed by atoms with Gasteiger partial charge in [0.1, 0.15) is 5.75 Å². The number of likely N-dealkylation sites (N-methyl/N-ethyl adjacent to an activating group) is 1. The van der Waals surface area contributed by atoms with Crippen LogP contribution in [0.3, 0.4) is 0 Å². The van der Waals surface area contributed by atoms with Crippen molar-refractivity contribution in [3.63, 3.8) is 0 Å². The summed E-state index contributed by atoms with van der Waals surface area (Å²) in [4.78, 5) is 13.0. The van der Waals surface area contributed by atoms with Crippen molar-refractivity contribution in [2.75, 3.05) is 20.7 Å². The highest BCUT2D eigenvalue weighted by molar-refractivity contribution is 5.76. The molecule has 0 aliphatic carbocycles. The zero-order valence-electron chi connectivity index (χ0n) is 8.86. The van der Waals surface area contributed by atoms with E-state index in [9.17, 15) is 4.79 Å². The molecule has 0 spiro atoms. The lowest BCUT2D eigenvalue weighted by Gasteiger charge is -2.10. The van der Waals surface area contributed by atoms with E-state index >= 15 is 0 Å². The van der Waals surface area contributed by atoms with E-state index in [2.05, 4.69) is 5.32 Å². The Labute approximate surface area is 88.8 Å². The molecule has 0 bridgehead atoms. The quantitative estimate of drug-likeness (QED) is 0.794. The number of urea groups is 1. The Hall–Kier alpha value is -1.71. The Balaban J connectivity index is 2.19. The Morgan fingerprint density at radius 3 is 2.93 bits per heavy atom. The number of nitrogens with one attached hydrogen (secondary N) is 1. The normalized spacial score (nSPS) is 20.3. The first-order valence-corrected chi connectivity index (χ1v) is 4.86. The molecule has 80 valence electrons. The van der Waals surface area contributed by atoms with E-state index in [0.717, 1.165) is 11.3 Å². The summed E-state index contributed by atoms with van der Waals surface area (Å²) in [7, 11) is 3.42. The lowest BCUT2D eigenvalue weighted by Crippen LogP contribution is -2.23. The summed E-state index contributed by atoms with van der Waals surface area (Å²) in [5.74, 6) is 0.816. The second kappa shape index (κ2) is 3.81. The average molecular weight is 206 g/mol. The van der Waals surface area contributed by atoms with E-state index in [0.29, 0.717) is 6.54 Å². The number of hydrogen-bond donors (Lipinski definition) is 1. The molecule has 15 heavy (non-hydrogen) atoms. The molecular weight excluding hydrogens is 192 g/mol. The minimum atomic E-state index is -0.0252. The molecule has 0 radical (unpaired) electrons. The third-order valence-electron chi connectivity index (χ3n) is 2.60. The fourth-order valence-electron chi connectivity index (χ4n) is 1.71. The minimum absolute atomic E-state index is 0.0252. The van der Waals surface area contributed by atoms with Gasteiger partial charge in [-0.3, -0.25) is 0 Å². The van der Waals surface area contributed by atoms with Gasteiger partial charge in [0.15, 0.2) is 0 Å². The summed E-state index contributed by atoms with van der Waals surface area (Å²) in [6.45, 7) is 0.700. The number of rotatable bonds is 2. The zero-order chi connectivity index (χ0) is 10.8. The average Bonchev–Trinajstić information content (AvgIpc) is 2.59. The van der Waals surface area contributed by atoms with E-state index in [1.807, 2.05) is 24.3 Å². The van der Waals surface area contributed by atoms with Gasteiger partial charge >= 0.3 is 6.03 Å². The minimum Gasteiger partial charge on any atom is -0.497 e. The van der Waals surface area contributed by atoms with Gasteiger partial charge < -0.3 is 15.0 Å². The van der Waals surface area contributed by atoms with Crippen molar-refractivity contribution in [3.05, 3.63) is 29.8 Å². The molecule has 1 fully saturated rings. The molecule has 1 aromatic rings. The van der Waals surface area contributed by atoms with Crippen LogP contribution in [0.2, 0.25) is 0 Å². The number of carbonyl (C=O) groups is 1. The second-order valence-corrected chi connectivity index (χ2v) is 3.66. The van der Waals surface area contributed by atoms with Crippen LogP contribution >= 0.6 is 0 Å². The highest BCUT2D eigenvalue weighted by atomic mass is 16.5. The van der Waals surface area contributed by atoms with Gasteiger partial charge in [-0.15, -0.1) is 0 Å². The van der Waals surface area contributed by atoms with E-state index < -0.39 is 0 Å². The van der Waals surface area contributed by atoms with Crippen molar-refractivity contribution < 1.29 is 9.53 Å². The van der Waals surface area contributed by atoms with Crippen LogP contribution in [0.25, 0.3) is 0 Å². The second-order valence-electron chi connectivity index (χ2n) is 3.66. The van der Waals surface area contributed by atoms with Gasteiger partial charge in [-0.05, 0) is 17.7 Å². The van der Waals surface area contributed by atoms with Crippen LogP contribution in [0.15, 0.2) is 24.3 Å². The fraction of sp³-hybridized carbons (Fsp3) is 0.364. The fourth-order valence-corrected chi connectivity index (χ4v) is 1.71. The first-order chi connectivity index (χ1) is 7.20. The van der Waals surface area contributed by atoms with Crippen molar-refractivity contribution in [1.29, 1.82) is 0 Å². The summed E-state index contributed by atoms with van der Waals surface area (Å²) in [6, 6.07) is 7.81. The number of carbonyl (C=O) groups excluding carboxylic acids is 1. The summed E-state index contributed by atoms with van der Waals surface area (Å²) in [6.07, 6.45) is 0. The van der Waals surface area contributed by atoms with Crippen LogP contribution in [0, 0.1) is 0 Å². The standard InChI is InChI=1S/C11H14N2O2/c1-13-7-10(12-11(13)14)8-4-3-5-9(6-8)15-2/h3-6,10H,7H2,1-2H3,(H,12,14). The van der Waals surface area contributed by atoms with Crippen molar-refractivity contribution in [3.8, 4) is 5.75 Å². The maximum absolute atomic E-state index is 11.3. The third kappa shape index (κ3) is 1.88. The SMILES string of the molecule is COc1cccc(C2CN(C)C(=O)N2)c1. The maximum Gasteiger partial charge on any atom is 0.317 e. The van der Waals surface area contributed by atoms with Crippen LogP contribution < -0.4 is 10.1 Å². The Morgan fingerprint density at radius 1 is 1.53 bits per heavy atom. The van der Waals surface area contributed by atoms with Crippen LogP contribution in [0.5, 0.6) is 5.75 Å². The van der Waals surface area contributed by atoms with Crippen molar-refractivity contribution >= 4 is 6.03 Å². The third-order valence-corrected chi connectivity index (χ3v) is 2.60. The molecule has 2 amide bonds. The number of hydrogen-bond acceptors (Lipinski definition) is 2. The molecule has 0 aromatic heterocycles. The molecule has 2 rings (SSSR count). The molecule has 1 aromatic carbocycles. The smallest absolute Gasteiger partial charge is 0.317 e. The molecule has 1 unspecified atom stereocenters. The lowest BCUT2D eigenvalue weighted by atomic mass is 10.1. The van der Waals surface area contributed by atoms with Gasteiger partial charge in [0, 0.05) is 13.6 Å². The van der Waals surface area contributed by atoms with Crippen LogP contribution in [0.4, 0.5) is 4.79 Å². The number of benzene rings is 1. The van der Waals surface area contributed by atoms with Crippen LogP contribution in [-0.2, 0) is 0 Å². The molecule has 1 atom stereocenters. The molecule has 1 N–H and O–H groups in total. The van der Waals surface area contributed by atoms with Gasteiger partial charge in [0.25, 0.3) is 0 Å². The molecule has 4 nitrogen and oxygen atoms in total. The molecule has 4 heteroatoms. The van der Waals surface area contributed by atoms with Gasteiger partial charge in [-0.25, -0.2) is 4.79 Å². The molecule has 1 saturated heterocycles. The first kappa shape index (κ1) is 9.83. The predicted octanol–water partition coefficient (Wildman–Crippen LogP) is 1.39. The topological polar surface area (TPSA) is 41.6 Å². The Morgan fingerprint density at radius 2 is 2.33 bits per heavy atom. The molecular formula is C11H14N2O2. The van der Waals surface area contributed by atoms with Gasteiger partial charge in [-0.2, -0.15) is 0 Å². The predicted molar refractivity (Wildman–Crippen MR) is 56.9 cm³/mol. The summed E-state index contributed by atoms with van der Waals surface area (Å²) < 4.78 is 5.14. The molecule has 1 heterocycles.